The molecule has 1 N–H and O–H groups in total. The highest BCUT2D eigenvalue weighted by Gasteiger charge is 2.31. The fraction of sp³-hybridized carbons (Fsp3) is 1.00. The van der Waals surface area contributed by atoms with Gasteiger partial charge < -0.3 is 15.0 Å². The summed E-state index contributed by atoms with van der Waals surface area (Å²) in [6.45, 7) is 11.9. The van der Waals surface area contributed by atoms with E-state index in [-0.39, 0.29) is 0 Å². The van der Waals surface area contributed by atoms with Crippen LogP contribution in [0, 0.1) is 11.3 Å². The van der Waals surface area contributed by atoms with Gasteiger partial charge in [0.25, 0.3) is 0 Å². The lowest BCUT2D eigenvalue weighted by molar-refractivity contribution is 0.0990. The molecule has 2 aliphatic rings. The van der Waals surface area contributed by atoms with Gasteiger partial charge in [0.15, 0.2) is 0 Å². The number of hydrogen-bond acceptors (Lipinski definition) is 3. The smallest absolute Gasteiger partial charge is 0.0711 e. The van der Waals surface area contributed by atoms with E-state index in [4.69, 9.17) is 4.74 Å². The predicted octanol–water partition coefficient (Wildman–Crippen LogP) is 2.12. The van der Waals surface area contributed by atoms with Crippen LogP contribution in [0.5, 0.6) is 0 Å². The molecule has 2 unspecified atom stereocenters. The Kier molecular flexibility index (Phi) is 4.68. The Morgan fingerprint density at radius 3 is 2.39 bits per heavy atom. The Labute approximate surface area is 112 Å². The van der Waals surface area contributed by atoms with E-state index in [2.05, 4.69) is 31.0 Å². The summed E-state index contributed by atoms with van der Waals surface area (Å²) in [5.41, 5.74) is 0.485. The normalized spacial score (nSPS) is 32.0. The van der Waals surface area contributed by atoms with Crippen LogP contribution in [0.2, 0.25) is 0 Å². The van der Waals surface area contributed by atoms with E-state index in [1.54, 1.807) is 0 Å². The Bertz CT molecular complexity index is 254. The minimum absolute atomic E-state index is 0.433. The summed E-state index contributed by atoms with van der Waals surface area (Å²) in [5, 5.41) is 3.58. The highest BCUT2D eigenvalue weighted by atomic mass is 16.5. The molecule has 0 bridgehead atoms. The Morgan fingerprint density at radius 1 is 1.22 bits per heavy atom. The highest BCUT2D eigenvalue weighted by molar-refractivity contribution is 4.87. The Hall–Kier alpha value is -0.120. The summed E-state index contributed by atoms with van der Waals surface area (Å²) >= 11 is 0. The van der Waals surface area contributed by atoms with Crippen LogP contribution in [0.25, 0.3) is 0 Å². The van der Waals surface area contributed by atoms with Crippen molar-refractivity contribution >= 4 is 0 Å². The van der Waals surface area contributed by atoms with Crippen molar-refractivity contribution in [2.24, 2.45) is 11.3 Å². The molecule has 18 heavy (non-hydrogen) atoms. The van der Waals surface area contributed by atoms with Crippen molar-refractivity contribution in [1.29, 1.82) is 0 Å². The van der Waals surface area contributed by atoms with Crippen molar-refractivity contribution in [3.8, 4) is 0 Å². The number of piperidine rings is 1. The molecule has 0 aromatic heterocycles. The zero-order valence-corrected chi connectivity index (χ0v) is 12.5. The van der Waals surface area contributed by atoms with Crippen molar-refractivity contribution in [3.05, 3.63) is 0 Å². The molecule has 3 nitrogen and oxygen atoms in total. The predicted molar refractivity (Wildman–Crippen MR) is 75.8 cm³/mol. The van der Waals surface area contributed by atoms with Gasteiger partial charge in [0, 0.05) is 26.2 Å². The van der Waals surface area contributed by atoms with Gasteiger partial charge >= 0.3 is 0 Å². The quantitative estimate of drug-likeness (QED) is 0.835. The van der Waals surface area contributed by atoms with Crippen LogP contribution in [0.15, 0.2) is 0 Å². The molecular formula is C15H30N2O. The first kappa shape index (κ1) is 14.3. The summed E-state index contributed by atoms with van der Waals surface area (Å²) in [7, 11) is 1.82. The maximum Gasteiger partial charge on any atom is 0.0711 e. The van der Waals surface area contributed by atoms with Crippen LogP contribution in [0.1, 0.15) is 40.0 Å². The van der Waals surface area contributed by atoms with Crippen molar-refractivity contribution < 1.29 is 4.74 Å². The SMILES string of the molecule is COC1CNC(CN2CCC(C(C)(C)C)CC2)C1. The van der Waals surface area contributed by atoms with Gasteiger partial charge in [-0.3, -0.25) is 0 Å². The topological polar surface area (TPSA) is 24.5 Å². The third-order valence-electron chi connectivity index (χ3n) is 4.81. The minimum atomic E-state index is 0.433. The van der Waals surface area contributed by atoms with Gasteiger partial charge in [-0.25, -0.2) is 0 Å². The van der Waals surface area contributed by atoms with Gasteiger partial charge in [-0.2, -0.15) is 0 Å². The van der Waals surface area contributed by atoms with Gasteiger partial charge in [0.2, 0.25) is 0 Å². The van der Waals surface area contributed by atoms with Crippen LogP contribution < -0.4 is 5.32 Å². The zero-order valence-electron chi connectivity index (χ0n) is 12.5. The lowest BCUT2D eigenvalue weighted by Gasteiger charge is -2.39. The van der Waals surface area contributed by atoms with Gasteiger partial charge in [0.05, 0.1) is 6.10 Å². The van der Waals surface area contributed by atoms with E-state index in [0.29, 0.717) is 17.6 Å². The number of nitrogens with zero attached hydrogens (tertiary/aromatic N) is 1. The van der Waals surface area contributed by atoms with Crippen LogP contribution >= 0.6 is 0 Å². The molecule has 0 aromatic rings. The fourth-order valence-electron chi connectivity index (χ4n) is 3.39. The maximum atomic E-state index is 5.41. The molecule has 2 fully saturated rings. The number of rotatable bonds is 3. The monoisotopic (exact) mass is 254 g/mol. The van der Waals surface area contributed by atoms with E-state index in [1.165, 1.54) is 38.9 Å². The molecule has 0 aromatic carbocycles. The number of methoxy groups -OCH3 is 1. The van der Waals surface area contributed by atoms with Crippen molar-refractivity contribution in [1.82, 2.24) is 10.2 Å². The first-order valence-electron chi connectivity index (χ1n) is 7.47. The summed E-state index contributed by atoms with van der Waals surface area (Å²) in [5.74, 6) is 0.900. The van der Waals surface area contributed by atoms with E-state index < -0.39 is 0 Å². The second kappa shape index (κ2) is 5.89. The van der Waals surface area contributed by atoms with Crippen LogP contribution in [-0.4, -0.2) is 50.3 Å². The highest BCUT2D eigenvalue weighted by Crippen LogP contribution is 2.34. The van der Waals surface area contributed by atoms with E-state index >= 15 is 0 Å². The third-order valence-corrected chi connectivity index (χ3v) is 4.81. The minimum Gasteiger partial charge on any atom is -0.380 e. The lowest BCUT2D eigenvalue weighted by atomic mass is 9.75. The maximum absolute atomic E-state index is 5.41. The molecule has 0 radical (unpaired) electrons. The first-order valence-corrected chi connectivity index (χ1v) is 7.47. The molecule has 0 spiro atoms. The zero-order chi connectivity index (χ0) is 13.2. The van der Waals surface area contributed by atoms with Crippen LogP contribution in [0.3, 0.4) is 0 Å². The molecule has 3 heteroatoms. The molecule has 2 rings (SSSR count). The summed E-state index contributed by atoms with van der Waals surface area (Å²) < 4.78 is 5.41. The molecular weight excluding hydrogens is 224 g/mol. The molecule has 0 amide bonds. The number of likely N-dealkylation sites (tertiary alicyclic amines) is 1. The summed E-state index contributed by atoms with van der Waals surface area (Å²) in [4.78, 5) is 2.64. The fourth-order valence-corrected chi connectivity index (χ4v) is 3.39. The standard InChI is InChI=1S/C15H30N2O/c1-15(2,3)12-5-7-17(8-6-12)11-13-9-14(18-4)10-16-13/h12-14,16H,5-11H2,1-4H3. The van der Waals surface area contributed by atoms with Gasteiger partial charge in [-0.05, 0) is 43.7 Å². The summed E-state index contributed by atoms with van der Waals surface area (Å²) in [6, 6.07) is 0.640. The number of hydrogen-bond donors (Lipinski definition) is 1. The molecule has 0 saturated carbocycles. The van der Waals surface area contributed by atoms with Crippen molar-refractivity contribution in [2.75, 3.05) is 33.3 Å². The van der Waals surface area contributed by atoms with E-state index in [1.807, 2.05) is 7.11 Å². The number of ether oxygens (including phenoxy) is 1. The molecule has 2 atom stereocenters. The molecule has 106 valence electrons. The van der Waals surface area contributed by atoms with Crippen LogP contribution in [-0.2, 0) is 4.74 Å². The van der Waals surface area contributed by atoms with E-state index in [9.17, 15) is 0 Å². The first-order chi connectivity index (χ1) is 8.49. The molecule has 2 saturated heterocycles. The molecule has 2 heterocycles. The van der Waals surface area contributed by atoms with E-state index in [0.717, 1.165) is 12.5 Å². The van der Waals surface area contributed by atoms with Gasteiger partial charge in [-0.15, -0.1) is 0 Å². The van der Waals surface area contributed by atoms with Gasteiger partial charge in [0.1, 0.15) is 0 Å². The second-order valence-electron chi connectivity index (χ2n) is 7.14. The number of nitrogens with one attached hydrogen (secondary N) is 1. The van der Waals surface area contributed by atoms with Crippen molar-refractivity contribution in [2.45, 2.75) is 52.2 Å². The molecule has 2 aliphatic heterocycles. The average Bonchev–Trinajstić information content (AvgIpc) is 2.76. The van der Waals surface area contributed by atoms with Gasteiger partial charge in [-0.1, -0.05) is 20.8 Å². The van der Waals surface area contributed by atoms with Crippen LogP contribution in [0.4, 0.5) is 0 Å². The largest absolute Gasteiger partial charge is 0.380 e. The average molecular weight is 254 g/mol. The third kappa shape index (κ3) is 3.69. The lowest BCUT2D eigenvalue weighted by Crippen LogP contribution is -2.43. The van der Waals surface area contributed by atoms with Crippen molar-refractivity contribution in [3.63, 3.8) is 0 Å². The summed E-state index contributed by atoms with van der Waals surface area (Å²) in [6.07, 6.45) is 4.34. The molecule has 0 aliphatic carbocycles. The Morgan fingerprint density at radius 2 is 1.89 bits per heavy atom. The Balaban J connectivity index is 1.71. The second-order valence-corrected chi connectivity index (χ2v) is 7.14.